The van der Waals surface area contributed by atoms with Crippen LogP contribution in [0.1, 0.15) is 42.3 Å². The molecule has 0 atom stereocenters. The number of amides is 1. The number of ether oxygens (including phenoxy) is 1. The van der Waals surface area contributed by atoms with E-state index >= 15 is 0 Å². The number of nitrogens with zero attached hydrogens (tertiary/aromatic N) is 1. The minimum absolute atomic E-state index is 0.0587. The molecule has 0 bridgehead atoms. The van der Waals surface area contributed by atoms with Crippen LogP contribution in [0.5, 0.6) is 5.75 Å². The number of carbonyl (C=O) groups excluding carboxylic acids is 2. The van der Waals surface area contributed by atoms with Crippen molar-refractivity contribution < 1.29 is 14.3 Å². The molecule has 0 spiro atoms. The zero-order chi connectivity index (χ0) is 17.5. The third-order valence-corrected chi connectivity index (χ3v) is 3.82. The molecule has 0 saturated carbocycles. The van der Waals surface area contributed by atoms with Crippen LogP contribution in [0.25, 0.3) is 0 Å². The molecular weight excluding hydrogens is 302 g/mol. The van der Waals surface area contributed by atoms with Crippen LogP contribution in [0.15, 0.2) is 48.5 Å². The van der Waals surface area contributed by atoms with E-state index in [9.17, 15) is 9.59 Å². The lowest BCUT2D eigenvalue weighted by molar-refractivity contribution is -0.131. The van der Waals surface area contributed by atoms with Crippen molar-refractivity contribution in [1.29, 1.82) is 0 Å². The Bertz CT molecular complexity index is 703. The van der Waals surface area contributed by atoms with Gasteiger partial charge in [0.1, 0.15) is 5.75 Å². The molecule has 0 unspecified atom stereocenters. The van der Waals surface area contributed by atoms with Crippen LogP contribution in [-0.4, -0.2) is 29.9 Å². The Labute approximate surface area is 143 Å². The standard InChI is InChI=1S/C20H23NO3/c1-4-21(5-2)20(23)18-11-9-16(10-12-18)13-17-7-6-8-19(14-17)24-15(3)22/h6-12,14H,4-5,13H2,1-3H3. The topological polar surface area (TPSA) is 46.6 Å². The van der Waals surface area contributed by atoms with Gasteiger partial charge >= 0.3 is 5.97 Å². The van der Waals surface area contributed by atoms with Crippen molar-refractivity contribution in [3.63, 3.8) is 0 Å². The van der Waals surface area contributed by atoms with Gasteiger partial charge in [-0.15, -0.1) is 0 Å². The summed E-state index contributed by atoms with van der Waals surface area (Å²) < 4.78 is 5.11. The minimum atomic E-state index is -0.327. The number of hydrogen-bond acceptors (Lipinski definition) is 3. The van der Waals surface area contributed by atoms with E-state index in [4.69, 9.17) is 4.74 Å². The highest BCUT2D eigenvalue weighted by atomic mass is 16.5. The molecule has 1 amide bonds. The van der Waals surface area contributed by atoms with Crippen LogP contribution >= 0.6 is 0 Å². The van der Waals surface area contributed by atoms with Crippen molar-refractivity contribution in [3.8, 4) is 5.75 Å². The van der Waals surface area contributed by atoms with Gasteiger partial charge in [-0.25, -0.2) is 0 Å². The third kappa shape index (κ3) is 4.69. The van der Waals surface area contributed by atoms with Crippen LogP contribution in [-0.2, 0) is 11.2 Å². The first-order valence-corrected chi connectivity index (χ1v) is 8.19. The Balaban J connectivity index is 2.09. The first-order chi connectivity index (χ1) is 11.5. The quantitative estimate of drug-likeness (QED) is 0.601. The molecule has 0 aromatic heterocycles. The smallest absolute Gasteiger partial charge is 0.308 e. The van der Waals surface area contributed by atoms with Crippen LogP contribution in [0.3, 0.4) is 0 Å². The fourth-order valence-corrected chi connectivity index (χ4v) is 2.58. The Kier molecular flexibility index (Phi) is 6.13. The van der Waals surface area contributed by atoms with Gasteiger partial charge in [0.25, 0.3) is 5.91 Å². The number of benzene rings is 2. The summed E-state index contributed by atoms with van der Waals surface area (Å²) in [6, 6.07) is 15.1. The number of hydrogen-bond donors (Lipinski definition) is 0. The predicted molar refractivity (Wildman–Crippen MR) is 94.3 cm³/mol. The van der Waals surface area contributed by atoms with E-state index in [1.54, 1.807) is 11.0 Å². The monoisotopic (exact) mass is 325 g/mol. The number of rotatable bonds is 6. The molecule has 24 heavy (non-hydrogen) atoms. The average molecular weight is 325 g/mol. The second-order valence-corrected chi connectivity index (χ2v) is 5.59. The van der Waals surface area contributed by atoms with Crippen LogP contribution in [0, 0.1) is 0 Å². The lowest BCUT2D eigenvalue weighted by Crippen LogP contribution is -2.30. The highest BCUT2D eigenvalue weighted by Crippen LogP contribution is 2.17. The second-order valence-electron chi connectivity index (χ2n) is 5.59. The maximum absolute atomic E-state index is 12.3. The molecule has 0 aliphatic heterocycles. The van der Waals surface area contributed by atoms with Crippen molar-refractivity contribution in [2.45, 2.75) is 27.2 Å². The number of carbonyl (C=O) groups is 2. The van der Waals surface area contributed by atoms with Gasteiger partial charge in [-0.2, -0.15) is 0 Å². The number of esters is 1. The van der Waals surface area contributed by atoms with Gasteiger partial charge < -0.3 is 9.64 Å². The molecular formula is C20H23NO3. The maximum atomic E-state index is 12.3. The Hall–Kier alpha value is -2.62. The minimum Gasteiger partial charge on any atom is -0.427 e. The third-order valence-electron chi connectivity index (χ3n) is 3.82. The van der Waals surface area contributed by atoms with Crippen molar-refractivity contribution >= 4 is 11.9 Å². The first kappa shape index (κ1) is 17.7. The zero-order valence-electron chi connectivity index (χ0n) is 14.4. The van der Waals surface area contributed by atoms with Crippen LogP contribution in [0.4, 0.5) is 0 Å². The summed E-state index contributed by atoms with van der Waals surface area (Å²) in [4.78, 5) is 25.1. The van der Waals surface area contributed by atoms with Crippen LogP contribution in [0.2, 0.25) is 0 Å². The van der Waals surface area contributed by atoms with E-state index in [0.29, 0.717) is 24.4 Å². The summed E-state index contributed by atoms with van der Waals surface area (Å²) >= 11 is 0. The summed E-state index contributed by atoms with van der Waals surface area (Å²) in [5.41, 5.74) is 2.86. The molecule has 0 N–H and O–H groups in total. The first-order valence-electron chi connectivity index (χ1n) is 8.19. The van der Waals surface area contributed by atoms with E-state index in [0.717, 1.165) is 17.5 Å². The summed E-state index contributed by atoms with van der Waals surface area (Å²) in [5, 5.41) is 0. The highest BCUT2D eigenvalue weighted by molar-refractivity contribution is 5.94. The molecule has 2 rings (SSSR count). The van der Waals surface area contributed by atoms with E-state index in [1.165, 1.54) is 6.92 Å². The van der Waals surface area contributed by atoms with Crippen molar-refractivity contribution in [1.82, 2.24) is 4.90 Å². The molecule has 2 aromatic rings. The molecule has 0 aliphatic rings. The molecule has 126 valence electrons. The van der Waals surface area contributed by atoms with Crippen molar-refractivity contribution in [2.24, 2.45) is 0 Å². The maximum Gasteiger partial charge on any atom is 0.308 e. The molecule has 4 heteroatoms. The predicted octanol–water partition coefficient (Wildman–Crippen LogP) is 3.68. The van der Waals surface area contributed by atoms with E-state index in [-0.39, 0.29) is 11.9 Å². The Morgan fingerprint density at radius 3 is 2.21 bits per heavy atom. The van der Waals surface area contributed by atoms with Gasteiger partial charge in [0.15, 0.2) is 0 Å². The van der Waals surface area contributed by atoms with Crippen molar-refractivity contribution in [3.05, 3.63) is 65.2 Å². The van der Waals surface area contributed by atoms with Gasteiger partial charge in [-0.3, -0.25) is 9.59 Å². The SMILES string of the molecule is CCN(CC)C(=O)c1ccc(Cc2cccc(OC(C)=O)c2)cc1. The lowest BCUT2D eigenvalue weighted by Gasteiger charge is -2.18. The highest BCUT2D eigenvalue weighted by Gasteiger charge is 2.12. The zero-order valence-corrected chi connectivity index (χ0v) is 14.4. The summed E-state index contributed by atoms with van der Waals surface area (Å²) in [6.45, 7) is 6.76. The van der Waals surface area contributed by atoms with Crippen molar-refractivity contribution in [2.75, 3.05) is 13.1 Å². The lowest BCUT2D eigenvalue weighted by atomic mass is 10.0. The summed E-state index contributed by atoms with van der Waals surface area (Å²) in [5.74, 6) is 0.281. The molecule has 0 heterocycles. The van der Waals surface area contributed by atoms with E-state index in [1.807, 2.05) is 56.3 Å². The molecule has 0 radical (unpaired) electrons. The van der Waals surface area contributed by atoms with Gasteiger partial charge in [0, 0.05) is 25.6 Å². The van der Waals surface area contributed by atoms with E-state index < -0.39 is 0 Å². The Morgan fingerprint density at radius 1 is 0.958 bits per heavy atom. The fourth-order valence-electron chi connectivity index (χ4n) is 2.58. The summed E-state index contributed by atoms with van der Waals surface area (Å²) in [7, 11) is 0. The molecule has 4 nitrogen and oxygen atoms in total. The van der Waals surface area contributed by atoms with Gasteiger partial charge in [-0.05, 0) is 55.7 Å². The van der Waals surface area contributed by atoms with E-state index in [2.05, 4.69) is 0 Å². The Morgan fingerprint density at radius 2 is 1.62 bits per heavy atom. The second kappa shape index (κ2) is 8.29. The fraction of sp³-hybridized carbons (Fsp3) is 0.300. The molecule has 0 saturated heterocycles. The summed E-state index contributed by atoms with van der Waals surface area (Å²) in [6.07, 6.45) is 0.717. The molecule has 0 aliphatic carbocycles. The normalized spacial score (nSPS) is 10.3. The molecule has 0 fully saturated rings. The van der Waals surface area contributed by atoms with Gasteiger partial charge in [0.2, 0.25) is 0 Å². The van der Waals surface area contributed by atoms with Gasteiger partial charge in [-0.1, -0.05) is 24.3 Å². The largest absolute Gasteiger partial charge is 0.427 e. The average Bonchev–Trinajstić information content (AvgIpc) is 2.56. The molecule has 2 aromatic carbocycles. The van der Waals surface area contributed by atoms with Gasteiger partial charge in [0.05, 0.1) is 0 Å². The van der Waals surface area contributed by atoms with Crippen LogP contribution < -0.4 is 4.74 Å².